The number of likely N-dealkylation sites (N-methyl/N-ethyl adjacent to an activating group) is 2. The van der Waals surface area contributed by atoms with Crippen LogP contribution in [0.3, 0.4) is 0 Å². The van der Waals surface area contributed by atoms with Crippen LogP contribution in [0.2, 0.25) is 0 Å². The van der Waals surface area contributed by atoms with E-state index in [1.165, 1.54) is 9.80 Å². The molecule has 1 fully saturated rings. The lowest BCUT2D eigenvalue weighted by Crippen LogP contribution is -2.52. The smallest absolute Gasteiger partial charge is 0.265 e. The fraction of sp³-hybridized carbons (Fsp3) is 0.188. The number of aromatic nitrogens is 1. The van der Waals surface area contributed by atoms with Gasteiger partial charge >= 0.3 is 0 Å². The van der Waals surface area contributed by atoms with Gasteiger partial charge < -0.3 is 4.57 Å². The summed E-state index contributed by atoms with van der Waals surface area (Å²) >= 11 is 5.08. The summed E-state index contributed by atoms with van der Waals surface area (Å²) in [4.78, 5) is 27.3. The molecule has 5 nitrogen and oxygen atoms in total. The third-order valence-corrected chi connectivity index (χ3v) is 4.42. The van der Waals surface area contributed by atoms with Crippen LogP contribution < -0.4 is 0 Å². The summed E-state index contributed by atoms with van der Waals surface area (Å²) in [6.07, 6.45) is 3.55. The molecule has 2 heterocycles. The second kappa shape index (κ2) is 5.06. The number of benzene rings is 1. The molecule has 0 bridgehead atoms. The van der Waals surface area contributed by atoms with Crippen molar-refractivity contribution in [3.05, 3.63) is 41.6 Å². The Morgan fingerprint density at radius 3 is 2.23 bits per heavy atom. The fourth-order valence-corrected chi connectivity index (χ4v) is 2.78. The van der Waals surface area contributed by atoms with Gasteiger partial charge in [0.05, 0.1) is 0 Å². The van der Waals surface area contributed by atoms with Gasteiger partial charge in [-0.25, -0.2) is 0 Å². The minimum absolute atomic E-state index is 0.120. The summed E-state index contributed by atoms with van der Waals surface area (Å²) < 4.78 is 1.97. The van der Waals surface area contributed by atoms with Crippen LogP contribution in [0.1, 0.15) is 5.56 Å². The monoisotopic (exact) mass is 313 g/mol. The second-order valence-corrected chi connectivity index (χ2v) is 5.65. The molecular weight excluding hydrogens is 298 g/mol. The van der Waals surface area contributed by atoms with Crippen LogP contribution in [0.4, 0.5) is 0 Å². The zero-order chi connectivity index (χ0) is 16.0. The van der Waals surface area contributed by atoms with Crippen molar-refractivity contribution in [2.75, 3.05) is 14.1 Å². The van der Waals surface area contributed by atoms with Gasteiger partial charge in [-0.1, -0.05) is 18.2 Å². The van der Waals surface area contributed by atoms with Crippen molar-refractivity contribution in [1.82, 2.24) is 14.4 Å². The van der Waals surface area contributed by atoms with Gasteiger partial charge in [0, 0.05) is 43.8 Å². The Labute approximate surface area is 133 Å². The lowest BCUT2D eigenvalue weighted by Gasteiger charge is -2.31. The van der Waals surface area contributed by atoms with Gasteiger partial charge in [0.25, 0.3) is 11.8 Å². The number of hydrogen-bond acceptors (Lipinski definition) is 3. The highest BCUT2D eigenvalue weighted by atomic mass is 32.1. The number of para-hydroxylation sites is 1. The van der Waals surface area contributed by atoms with Gasteiger partial charge in [-0.2, -0.15) is 0 Å². The molecule has 3 rings (SSSR count). The molecule has 6 heteroatoms. The lowest BCUT2D eigenvalue weighted by atomic mass is 10.1. The first kappa shape index (κ1) is 14.5. The van der Waals surface area contributed by atoms with Gasteiger partial charge in [0.1, 0.15) is 5.57 Å². The molecule has 1 saturated heterocycles. The first-order valence-corrected chi connectivity index (χ1v) is 7.18. The topological polar surface area (TPSA) is 45.6 Å². The van der Waals surface area contributed by atoms with Crippen molar-refractivity contribution in [2.45, 2.75) is 0 Å². The molecule has 22 heavy (non-hydrogen) atoms. The number of amides is 2. The fourth-order valence-electron chi connectivity index (χ4n) is 2.62. The molecule has 0 saturated carbocycles. The quantitative estimate of drug-likeness (QED) is 0.458. The highest BCUT2D eigenvalue weighted by molar-refractivity contribution is 7.80. The number of fused-ring (bicyclic) bond motifs is 1. The van der Waals surface area contributed by atoms with Crippen molar-refractivity contribution in [3.63, 3.8) is 0 Å². The number of hydrogen-bond donors (Lipinski definition) is 0. The molecule has 0 aliphatic carbocycles. The zero-order valence-electron chi connectivity index (χ0n) is 12.5. The Hall–Kier alpha value is -2.47. The molecule has 2 amide bonds. The largest absolute Gasteiger partial charge is 0.350 e. The van der Waals surface area contributed by atoms with E-state index < -0.39 is 0 Å². The Balaban J connectivity index is 2.16. The normalized spacial score (nSPS) is 16.0. The maximum atomic E-state index is 12.4. The molecule has 1 aromatic heterocycles. The van der Waals surface area contributed by atoms with Crippen molar-refractivity contribution in [3.8, 4) is 0 Å². The predicted octanol–water partition coefficient (Wildman–Crippen LogP) is 1.78. The third kappa shape index (κ3) is 2.03. The van der Waals surface area contributed by atoms with E-state index >= 15 is 0 Å². The third-order valence-electron chi connectivity index (χ3n) is 3.87. The molecule has 0 radical (unpaired) electrons. The van der Waals surface area contributed by atoms with Crippen LogP contribution in [-0.4, -0.2) is 45.4 Å². The summed E-state index contributed by atoms with van der Waals surface area (Å²) in [5, 5.41) is 1.21. The van der Waals surface area contributed by atoms with Crippen molar-refractivity contribution >= 4 is 46.1 Å². The summed E-state index contributed by atoms with van der Waals surface area (Å²) in [5.41, 5.74) is 2.00. The minimum Gasteiger partial charge on any atom is -0.350 e. The Morgan fingerprint density at radius 2 is 1.59 bits per heavy atom. The van der Waals surface area contributed by atoms with Crippen molar-refractivity contribution < 1.29 is 9.59 Å². The number of aryl methyl sites for hydroxylation is 1. The van der Waals surface area contributed by atoms with Gasteiger partial charge in [0.15, 0.2) is 5.11 Å². The average molecular weight is 313 g/mol. The lowest BCUT2D eigenvalue weighted by molar-refractivity contribution is -0.132. The molecule has 1 aliphatic heterocycles. The van der Waals surface area contributed by atoms with E-state index in [4.69, 9.17) is 12.2 Å². The summed E-state index contributed by atoms with van der Waals surface area (Å²) in [5.74, 6) is -0.748. The summed E-state index contributed by atoms with van der Waals surface area (Å²) in [6.45, 7) is 0. The molecule has 1 aliphatic rings. The molecule has 0 atom stereocenters. The van der Waals surface area contributed by atoms with E-state index in [-0.39, 0.29) is 22.5 Å². The van der Waals surface area contributed by atoms with Crippen molar-refractivity contribution in [1.29, 1.82) is 0 Å². The SMILES string of the molecule is CN1C(=O)C(=Cc2cn(C)c3ccccc23)C(=O)N(C)C1=S. The first-order chi connectivity index (χ1) is 10.4. The highest BCUT2D eigenvalue weighted by Crippen LogP contribution is 2.25. The second-order valence-electron chi connectivity index (χ2n) is 5.28. The Morgan fingerprint density at radius 1 is 1.00 bits per heavy atom. The van der Waals surface area contributed by atoms with Crippen molar-refractivity contribution in [2.24, 2.45) is 7.05 Å². The van der Waals surface area contributed by atoms with E-state index in [0.29, 0.717) is 0 Å². The van der Waals surface area contributed by atoms with E-state index in [0.717, 1.165) is 16.5 Å². The summed E-state index contributed by atoms with van der Waals surface area (Å²) in [7, 11) is 5.08. The molecule has 0 N–H and O–H groups in total. The number of thiocarbonyl (C=S) groups is 1. The molecule has 1 aromatic carbocycles. The Bertz CT molecular complexity index is 824. The van der Waals surface area contributed by atoms with E-state index in [1.54, 1.807) is 20.2 Å². The predicted molar refractivity (Wildman–Crippen MR) is 89.0 cm³/mol. The molecule has 0 unspecified atom stereocenters. The van der Waals surface area contributed by atoms with Gasteiger partial charge in [0.2, 0.25) is 0 Å². The zero-order valence-corrected chi connectivity index (χ0v) is 13.3. The first-order valence-electron chi connectivity index (χ1n) is 6.77. The minimum atomic E-state index is -0.374. The van der Waals surface area contributed by atoms with Gasteiger partial charge in [-0.15, -0.1) is 0 Å². The molecule has 112 valence electrons. The van der Waals surface area contributed by atoms with Crippen LogP contribution in [0.25, 0.3) is 17.0 Å². The standard InChI is InChI=1S/C16H15N3O2S/c1-17-9-10(11-6-4-5-7-13(11)17)8-12-14(20)18(2)16(22)19(3)15(12)21/h4-9H,1-3H3. The molecule has 2 aromatic rings. The highest BCUT2D eigenvalue weighted by Gasteiger charge is 2.35. The van der Waals surface area contributed by atoms with Crippen LogP contribution in [0.15, 0.2) is 36.0 Å². The van der Waals surface area contributed by atoms with Gasteiger partial charge in [-0.3, -0.25) is 19.4 Å². The molecule has 0 spiro atoms. The number of carbonyl (C=O) groups is 2. The van der Waals surface area contributed by atoms with Crippen LogP contribution in [0.5, 0.6) is 0 Å². The van der Waals surface area contributed by atoms with Crippen LogP contribution in [0, 0.1) is 0 Å². The van der Waals surface area contributed by atoms with Gasteiger partial charge in [-0.05, 0) is 24.4 Å². The molecular formula is C16H15N3O2S. The maximum absolute atomic E-state index is 12.4. The Kier molecular flexibility index (Phi) is 3.33. The number of carbonyl (C=O) groups excluding carboxylic acids is 2. The van der Waals surface area contributed by atoms with Crippen LogP contribution >= 0.6 is 12.2 Å². The van der Waals surface area contributed by atoms with E-state index in [9.17, 15) is 9.59 Å². The summed E-state index contributed by atoms with van der Waals surface area (Å²) in [6, 6.07) is 7.85. The van der Waals surface area contributed by atoms with Crippen LogP contribution in [-0.2, 0) is 16.6 Å². The van der Waals surface area contributed by atoms with E-state index in [1.807, 2.05) is 42.1 Å². The average Bonchev–Trinajstić information content (AvgIpc) is 2.84. The van der Waals surface area contributed by atoms with E-state index in [2.05, 4.69) is 0 Å². The number of nitrogens with zero attached hydrogens (tertiary/aromatic N) is 3. The maximum Gasteiger partial charge on any atom is 0.265 e. The number of rotatable bonds is 1.